The minimum atomic E-state index is 0.0255. The molecule has 2 saturated heterocycles. The van der Waals surface area contributed by atoms with Gasteiger partial charge in [0.15, 0.2) is 11.5 Å². The van der Waals surface area contributed by atoms with Crippen LogP contribution in [0.4, 0.5) is 0 Å². The van der Waals surface area contributed by atoms with E-state index in [-0.39, 0.29) is 35.6 Å². The predicted octanol–water partition coefficient (Wildman–Crippen LogP) is 3.55. The van der Waals surface area contributed by atoms with Gasteiger partial charge in [0.25, 0.3) is 0 Å². The number of methoxy groups -OCH3 is 2. The van der Waals surface area contributed by atoms with E-state index in [1.807, 2.05) is 23.3 Å². The number of rotatable bonds is 4. The summed E-state index contributed by atoms with van der Waals surface area (Å²) in [6, 6.07) is 4.10. The number of hydrogen-bond acceptors (Lipinski definition) is 7. The summed E-state index contributed by atoms with van der Waals surface area (Å²) in [6.45, 7) is 4.54. The van der Waals surface area contributed by atoms with Crippen LogP contribution in [0, 0.1) is 18.8 Å². The number of fused-ring (bicyclic) bond motifs is 6. The molecule has 3 aliphatic rings. The number of nitrogens with one attached hydrogen (secondary N) is 1. The monoisotopic (exact) mass is 582 g/mol. The van der Waals surface area contributed by atoms with Crippen LogP contribution in [0.25, 0.3) is 0 Å². The quantitative estimate of drug-likeness (QED) is 0.592. The van der Waals surface area contributed by atoms with Gasteiger partial charge in [-0.15, -0.1) is 11.3 Å². The maximum absolute atomic E-state index is 13.8. The average Bonchev–Trinajstić information content (AvgIpc) is 3.37. The third kappa shape index (κ3) is 7.02. The van der Waals surface area contributed by atoms with Crippen LogP contribution < -0.4 is 14.8 Å². The highest BCUT2D eigenvalue weighted by atomic mass is 32.1. The molecule has 4 bridgehead atoms. The van der Waals surface area contributed by atoms with Gasteiger partial charge in [-0.2, -0.15) is 0 Å². The number of carbonyl (C=O) groups is 3. The summed E-state index contributed by atoms with van der Waals surface area (Å²) < 4.78 is 11.3. The Balaban J connectivity index is 1.34. The highest BCUT2D eigenvalue weighted by Crippen LogP contribution is 2.37. The molecule has 222 valence electrons. The van der Waals surface area contributed by atoms with Crippen LogP contribution in [0.3, 0.4) is 0 Å². The summed E-state index contributed by atoms with van der Waals surface area (Å²) in [5.41, 5.74) is 2.91. The lowest BCUT2D eigenvalue weighted by atomic mass is 9.77. The van der Waals surface area contributed by atoms with Crippen LogP contribution in [-0.2, 0) is 33.6 Å². The van der Waals surface area contributed by atoms with Gasteiger partial charge < -0.3 is 24.6 Å². The van der Waals surface area contributed by atoms with E-state index in [1.54, 1.807) is 25.6 Å². The van der Waals surface area contributed by atoms with Gasteiger partial charge in [-0.3, -0.25) is 14.4 Å². The molecular formula is C31H42N4O5S. The molecule has 9 nitrogen and oxygen atoms in total. The number of thiazole rings is 1. The number of nitrogens with zero attached hydrogens (tertiary/aromatic N) is 3. The fourth-order valence-corrected chi connectivity index (χ4v) is 7.47. The van der Waals surface area contributed by atoms with Gasteiger partial charge in [0, 0.05) is 50.4 Å². The van der Waals surface area contributed by atoms with E-state index in [1.165, 1.54) is 0 Å². The fourth-order valence-electron chi connectivity index (χ4n) is 6.86. The molecule has 0 saturated carbocycles. The molecule has 3 amide bonds. The van der Waals surface area contributed by atoms with Crippen molar-refractivity contribution >= 4 is 29.1 Å². The Kier molecular flexibility index (Phi) is 9.47. The summed E-state index contributed by atoms with van der Waals surface area (Å²) in [6.07, 6.45) is 5.84. The second kappa shape index (κ2) is 13.2. The summed E-state index contributed by atoms with van der Waals surface area (Å²) in [5.74, 6) is 2.15. The third-order valence-corrected chi connectivity index (χ3v) is 9.56. The van der Waals surface area contributed by atoms with E-state index in [2.05, 4.69) is 21.3 Å². The molecule has 1 aromatic carbocycles. The van der Waals surface area contributed by atoms with Crippen molar-refractivity contribution in [3.05, 3.63) is 39.3 Å². The first-order valence-corrected chi connectivity index (χ1v) is 15.7. The molecule has 2 fully saturated rings. The number of piperidine rings is 2. The van der Waals surface area contributed by atoms with Gasteiger partial charge >= 0.3 is 0 Å². The molecule has 3 aliphatic heterocycles. The lowest BCUT2D eigenvalue weighted by Crippen LogP contribution is -2.60. The van der Waals surface area contributed by atoms with Gasteiger partial charge in [-0.05, 0) is 74.5 Å². The topological polar surface area (TPSA) is 101 Å². The van der Waals surface area contributed by atoms with E-state index in [9.17, 15) is 14.4 Å². The minimum Gasteiger partial charge on any atom is -0.493 e. The third-order valence-electron chi connectivity index (χ3n) is 8.73. The first-order chi connectivity index (χ1) is 19.8. The number of ether oxygens (including phenoxy) is 2. The zero-order valence-corrected chi connectivity index (χ0v) is 25.3. The molecule has 41 heavy (non-hydrogen) atoms. The second-order valence-electron chi connectivity index (χ2n) is 11.6. The van der Waals surface area contributed by atoms with E-state index in [4.69, 9.17) is 9.47 Å². The molecule has 3 atom stereocenters. The SMILES string of the molecule is COc1cc2cc(c1OC)CCCNC(=O)CCC[C@H]1[C@H]3C[C@@H](CN(C(=O)Cc4csc(C)n4)C3)CN1C(=O)CC2. The molecule has 0 aliphatic carbocycles. The molecule has 1 aromatic heterocycles. The number of aromatic nitrogens is 1. The normalized spacial score (nSPS) is 23.9. The molecule has 4 heterocycles. The number of hydrogen-bond donors (Lipinski definition) is 1. The largest absolute Gasteiger partial charge is 0.493 e. The first-order valence-electron chi connectivity index (χ1n) is 14.8. The number of benzene rings is 1. The highest BCUT2D eigenvalue weighted by Gasteiger charge is 2.43. The summed E-state index contributed by atoms with van der Waals surface area (Å²) in [7, 11) is 3.27. The molecule has 1 N–H and O–H groups in total. The summed E-state index contributed by atoms with van der Waals surface area (Å²) in [4.78, 5) is 48.2. The summed E-state index contributed by atoms with van der Waals surface area (Å²) >= 11 is 1.57. The van der Waals surface area contributed by atoms with Crippen molar-refractivity contribution < 1.29 is 23.9 Å². The molecular weight excluding hydrogens is 540 g/mol. The molecule has 0 unspecified atom stereocenters. The van der Waals surface area contributed by atoms with Gasteiger partial charge in [-0.25, -0.2) is 4.98 Å². The van der Waals surface area contributed by atoms with Crippen molar-refractivity contribution in [2.24, 2.45) is 11.8 Å². The molecule has 0 radical (unpaired) electrons. The minimum absolute atomic E-state index is 0.0255. The number of carbonyl (C=O) groups excluding carboxylic acids is 3. The Morgan fingerprint density at radius 3 is 2.68 bits per heavy atom. The van der Waals surface area contributed by atoms with E-state index < -0.39 is 0 Å². The van der Waals surface area contributed by atoms with Crippen molar-refractivity contribution in [2.45, 2.75) is 70.8 Å². The Bertz CT molecular complexity index is 1260. The molecule has 2 aromatic rings. The van der Waals surface area contributed by atoms with Crippen LogP contribution in [0.5, 0.6) is 11.5 Å². The fraction of sp³-hybridized carbons (Fsp3) is 0.613. The Hall–Kier alpha value is -3.14. The Morgan fingerprint density at radius 1 is 1.07 bits per heavy atom. The molecule has 0 spiro atoms. The van der Waals surface area contributed by atoms with Gasteiger partial charge in [0.2, 0.25) is 17.7 Å². The first kappa shape index (κ1) is 29.4. The van der Waals surface area contributed by atoms with E-state index in [0.717, 1.165) is 53.9 Å². The molecule has 5 rings (SSSR count). The van der Waals surface area contributed by atoms with Crippen molar-refractivity contribution in [1.29, 1.82) is 0 Å². The lowest BCUT2D eigenvalue weighted by molar-refractivity contribution is -0.145. The maximum Gasteiger partial charge on any atom is 0.228 e. The van der Waals surface area contributed by atoms with Gasteiger partial charge in [0.1, 0.15) is 0 Å². The van der Waals surface area contributed by atoms with Crippen molar-refractivity contribution in [1.82, 2.24) is 20.1 Å². The van der Waals surface area contributed by atoms with Crippen molar-refractivity contribution in [2.75, 3.05) is 40.4 Å². The zero-order valence-electron chi connectivity index (χ0n) is 24.4. The smallest absolute Gasteiger partial charge is 0.228 e. The number of aryl methyl sites for hydroxylation is 3. The maximum atomic E-state index is 13.8. The van der Waals surface area contributed by atoms with Crippen LogP contribution in [0.2, 0.25) is 0 Å². The summed E-state index contributed by atoms with van der Waals surface area (Å²) in [5, 5.41) is 5.99. The van der Waals surface area contributed by atoms with Crippen LogP contribution in [-0.4, -0.2) is 78.9 Å². The van der Waals surface area contributed by atoms with E-state index >= 15 is 0 Å². The lowest BCUT2D eigenvalue weighted by Gasteiger charge is -2.51. The standard InChI is InChI=1S/C31H42N4O5S/c1-20-33-25(19-41-20)15-30(38)34-16-22-13-24(18-34)26-7-4-8-28(36)32-11-5-6-23-12-21(9-10-29(37)35(26)17-22)14-27(39-2)31(23)40-3/h12,14,19,22,24,26H,4-11,13,15-18H2,1-3H3,(H,32,36)/t22-,24-,26-/m0/s1. The van der Waals surface area contributed by atoms with Crippen molar-refractivity contribution in [3.63, 3.8) is 0 Å². The van der Waals surface area contributed by atoms with Crippen molar-refractivity contribution in [3.8, 4) is 11.5 Å². The second-order valence-corrected chi connectivity index (χ2v) is 12.7. The zero-order chi connectivity index (χ0) is 28.9. The average molecular weight is 583 g/mol. The number of amides is 3. The van der Waals surface area contributed by atoms with Crippen LogP contribution in [0.1, 0.15) is 60.4 Å². The predicted molar refractivity (Wildman–Crippen MR) is 157 cm³/mol. The van der Waals surface area contributed by atoms with Crippen LogP contribution >= 0.6 is 11.3 Å². The number of likely N-dealkylation sites (tertiary alicyclic amines) is 1. The highest BCUT2D eigenvalue weighted by molar-refractivity contribution is 7.09. The van der Waals surface area contributed by atoms with Gasteiger partial charge in [0.05, 0.1) is 31.3 Å². The van der Waals surface area contributed by atoms with Crippen LogP contribution in [0.15, 0.2) is 17.5 Å². The Morgan fingerprint density at radius 2 is 1.93 bits per heavy atom. The Labute approximate surface area is 246 Å². The molecule has 10 heteroatoms. The van der Waals surface area contributed by atoms with E-state index in [0.29, 0.717) is 63.4 Å². The van der Waals surface area contributed by atoms with Gasteiger partial charge in [-0.1, -0.05) is 6.07 Å².